The van der Waals surface area contributed by atoms with E-state index in [0.717, 1.165) is 26.2 Å². The van der Waals surface area contributed by atoms with Crippen LogP contribution in [0.1, 0.15) is 0 Å². The fourth-order valence-electron chi connectivity index (χ4n) is 1.24. The molecule has 14 heavy (non-hydrogen) atoms. The van der Waals surface area contributed by atoms with Crippen LogP contribution in [0.2, 0.25) is 0 Å². The number of rotatable bonds is 5. The highest BCUT2D eigenvalue weighted by Crippen LogP contribution is 2.10. The molecule has 1 heterocycles. The summed E-state index contributed by atoms with van der Waals surface area (Å²) >= 11 is 0.589. The van der Waals surface area contributed by atoms with E-state index in [1.807, 2.05) is 4.31 Å². The van der Waals surface area contributed by atoms with Gasteiger partial charge in [-0.2, -0.15) is 0 Å². The summed E-state index contributed by atoms with van der Waals surface area (Å²) in [6.07, 6.45) is 2.05. The maximum atomic E-state index is 11.5. The van der Waals surface area contributed by atoms with Crippen molar-refractivity contribution < 1.29 is 9.32 Å². The zero-order valence-corrected chi connectivity index (χ0v) is 9.94. The van der Waals surface area contributed by atoms with E-state index in [4.69, 9.17) is 5.11 Å². The number of nitrogens with zero attached hydrogens (tertiary/aromatic N) is 2. The zero-order valence-electron chi connectivity index (χ0n) is 8.31. The predicted octanol–water partition coefficient (Wildman–Crippen LogP) is -0.957. The van der Waals surface area contributed by atoms with Crippen LogP contribution in [0.3, 0.4) is 0 Å². The first kappa shape index (κ1) is 12.4. The Hall–Kier alpha value is 0.340. The van der Waals surface area contributed by atoms with Gasteiger partial charge in [-0.05, 0) is 6.26 Å². The van der Waals surface area contributed by atoms with Gasteiger partial charge in [-0.25, -0.2) is 17.5 Å². The number of piperazine rings is 1. The van der Waals surface area contributed by atoms with E-state index in [-0.39, 0.29) is 6.61 Å². The van der Waals surface area contributed by atoms with Crippen molar-refractivity contribution in [1.82, 2.24) is 13.3 Å². The quantitative estimate of drug-likeness (QED) is 0.607. The molecule has 0 aromatic heterocycles. The van der Waals surface area contributed by atoms with Gasteiger partial charge in [0.1, 0.15) is 0 Å². The van der Waals surface area contributed by atoms with E-state index >= 15 is 0 Å². The number of aliphatic hydroxyl groups is 1. The van der Waals surface area contributed by atoms with Crippen LogP contribution in [0.5, 0.6) is 0 Å². The van der Waals surface area contributed by atoms with Gasteiger partial charge in [-0.3, -0.25) is 0 Å². The lowest BCUT2D eigenvalue weighted by Crippen LogP contribution is -2.47. The summed E-state index contributed by atoms with van der Waals surface area (Å²) in [7, 11) is 0. The van der Waals surface area contributed by atoms with Crippen LogP contribution in [0.15, 0.2) is 0 Å². The largest absolute Gasteiger partial charge is 0.395 e. The average Bonchev–Trinajstić information content (AvgIpc) is 2.26. The summed E-state index contributed by atoms with van der Waals surface area (Å²) in [6.45, 7) is 3.91. The SMILES string of the molecule is CSN1CCN(S(=O)NCCO)CC1. The Bertz CT molecular complexity index is 186. The van der Waals surface area contributed by atoms with Crippen LogP contribution < -0.4 is 4.72 Å². The molecule has 0 spiro atoms. The number of aliphatic hydroxyl groups excluding tert-OH is 1. The smallest absolute Gasteiger partial charge is 0.170 e. The maximum absolute atomic E-state index is 11.5. The van der Waals surface area contributed by atoms with Crippen LogP contribution in [0.4, 0.5) is 0 Å². The Kier molecular flexibility index (Phi) is 5.99. The van der Waals surface area contributed by atoms with Gasteiger partial charge in [0, 0.05) is 32.7 Å². The number of nitrogens with one attached hydrogen (secondary N) is 1. The van der Waals surface area contributed by atoms with Gasteiger partial charge in [0.15, 0.2) is 11.2 Å². The molecule has 0 aliphatic carbocycles. The van der Waals surface area contributed by atoms with E-state index in [1.165, 1.54) is 0 Å². The summed E-state index contributed by atoms with van der Waals surface area (Å²) in [5, 5.41) is 8.57. The van der Waals surface area contributed by atoms with Crippen LogP contribution in [0.25, 0.3) is 0 Å². The molecule has 5 nitrogen and oxygen atoms in total. The molecule has 0 saturated carbocycles. The molecule has 1 aliphatic heterocycles. The minimum atomic E-state index is -1.14. The van der Waals surface area contributed by atoms with Gasteiger partial charge >= 0.3 is 0 Å². The highest BCUT2D eigenvalue weighted by Gasteiger charge is 2.19. The molecule has 1 unspecified atom stereocenters. The van der Waals surface area contributed by atoms with Crippen LogP contribution in [-0.4, -0.2) is 63.5 Å². The Morgan fingerprint density at radius 1 is 1.43 bits per heavy atom. The second kappa shape index (κ2) is 6.76. The second-order valence-corrected chi connectivity index (χ2v) is 5.09. The molecule has 1 fully saturated rings. The number of hydrogen-bond acceptors (Lipinski definition) is 4. The molecule has 1 rings (SSSR count). The molecular weight excluding hydrogens is 222 g/mol. The van der Waals surface area contributed by atoms with E-state index in [0.29, 0.717) is 6.54 Å². The van der Waals surface area contributed by atoms with E-state index in [1.54, 1.807) is 11.9 Å². The molecule has 2 N–H and O–H groups in total. The lowest BCUT2D eigenvalue weighted by molar-refractivity contribution is 0.288. The summed E-state index contributed by atoms with van der Waals surface area (Å²) in [6, 6.07) is 0. The van der Waals surface area contributed by atoms with Gasteiger partial charge in [-0.1, -0.05) is 11.9 Å². The second-order valence-electron chi connectivity index (χ2n) is 2.91. The summed E-state index contributed by atoms with van der Waals surface area (Å²) in [4.78, 5) is 0. The number of hydrogen-bond donors (Lipinski definition) is 2. The topological polar surface area (TPSA) is 55.8 Å². The lowest BCUT2D eigenvalue weighted by Gasteiger charge is -2.31. The minimum absolute atomic E-state index is 0.0243. The van der Waals surface area contributed by atoms with Crippen molar-refractivity contribution in [2.75, 3.05) is 45.6 Å². The first-order chi connectivity index (χ1) is 6.77. The summed E-state index contributed by atoms with van der Waals surface area (Å²) in [5.41, 5.74) is 0. The van der Waals surface area contributed by atoms with Gasteiger partial charge in [0.25, 0.3) is 0 Å². The molecule has 84 valence electrons. The molecule has 0 aromatic rings. The van der Waals surface area contributed by atoms with Crippen LogP contribution in [-0.2, 0) is 11.2 Å². The van der Waals surface area contributed by atoms with Crippen molar-refractivity contribution in [3.8, 4) is 0 Å². The fourth-order valence-corrected chi connectivity index (χ4v) is 2.71. The van der Waals surface area contributed by atoms with Gasteiger partial charge in [0.2, 0.25) is 0 Å². The van der Waals surface area contributed by atoms with Crippen molar-refractivity contribution in [3.05, 3.63) is 0 Å². The van der Waals surface area contributed by atoms with Crippen molar-refractivity contribution in [3.63, 3.8) is 0 Å². The molecule has 1 saturated heterocycles. The molecule has 1 atom stereocenters. The van der Waals surface area contributed by atoms with E-state index in [9.17, 15) is 4.21 Å². The Morgan fingerprint density at radius 2 is 2.07 bits per heavy atom. The van der Waals surface area contributed by atoms with Crippen LogP contribution >= 0.6 is 11.9 Å². The van der Waals surface area contributed by atoms with Crippen molar-refractivity contribution in [1.29, 1.82) is 0 Å². The van der Waals surface area contributed by atoms with Gasteiger partial charge < -0.3 is 5.11 Å². The Balaban J connectivity index is 2.23. The third-order valence-electron chi connectivity index (χ3n) is 2.03. The molecule has 0 bridgehead atoms. The maximum Gasteiger partial charge on any atom is 0.170 e. The standard InChI is InChI=1S/C7H17N3O2S2/c1-13-9-3-5-10(6-4-9)14(12)8-2-7-11/h8,11H,2-7H2,1H3. The molecule has 0 aromatic carbocycles. The van der Waals surface area contributed by atoms with Crippen LogP contribution in [0, 0.1) is 0 Å². The Labute approximate surface area is 91.7 Å². The van der Waals surface area contributed by atoms with Crippen molar-refractivity contribution in [2.45, 2.75) is 0 Å². The molecule has 0 amide bonds. The fraction of sp³-hybridized carbons (Fsp3) is 1.00. The first-order valence-electron chi connectivity index (χ1n) is 4.58. The zero-order chi connectivity index (χ0) is 10.4. The molecular formula is C7H17N3O2S2. The highest BCUT2D eigenvalue weighted by atomic mass is 32.2. The Morgan fingerprint density at radius 3 is 2.57 bits per heavy atom. The predicted molar refractivity (Wildman–Crippen MR) is 59.9 cm³/mol. The lowest BCUT2D eigenvalue weighted by atomic mass is 10.4. The monoisotopic (exact) mass is 239 g/mol. The van der Waals surface area contributed by atoms with E-state index in [2.05, 4.69) is 15.3 Å². The first-order valence-corrected chi connectivity index (χ1v) is 6.87. The molecule has 0 radical (unpaired) electrons. The minimum Gasteiger partial charge on any atom is -0.395 e. The average molecular weight is 239 g/mol. The molecule has 7 heteroatoms. The summed E-state index contributed by atoms with van der Waals surface area (Å²) < 4.78 is 18.4. The van der Waals surface area contributed by atoms with Gasteiger partial charge in [-0.15, -0.1) is 0 Å². The normalized spacial score (nSPS) is 22.4. The third-order valence-corrected chi connectivity index (χ3v) is 4.19. The highest BCUT2D eigenvalue weighted by molar-refractivity contribution is 7.96. The van der Waals surface area contributed by atoms with Gasteiger partial charge in [0.05, 0.1) is 6.61 Å². The van der Waals surface area contributed by atoms with Crippen molar-refractivity contribution >= 4 is 23.1 Å². The third kappa shape index (κ3) is 3.84. The molecule has 1 aliphatic rings. The summed E-state index contributed by atoms with van der Waals surface area (Å²) in [5.74, 6) is 0. The van der Waals surface area contributed by atoms with Crippen molar-refractivity contribution in [2.24, 2.45) is 0 Å². The van der Waals surface area contributed by atoms with E-state index < -0.39 is 11.2 Å².